The molecule has 3 aromatic heterocycles. The number of anilines is 1. The van der Waals surface area contributed by atoms with Gasteiger partial charge in [0.2, 0.25) is 11.8 Å². The summed E-state index contributed by atoms with van der Waals surface area (Å²) >= 11 is 6.10. The van der Waals surface area contributed by atoms with Crippen molar-refractivity contribution in [2.24, 2.45) is 5.41 Å². The number of aromatic amines is 1. The molecular weight excluding hydrogens is 511 g/mol. The van der Waals surface area contributed by atoms with E-state index in [1.165, 1.54) is 17.3 Å². The van der Waals surface area contributed by atoms with E-state index in [1.807, 2.05) is 26.1 Å². The number of pyridine rings is 1. The Balaban J connectivity index is 0.00000267. The number of amides is 2. The molecule has 4 heterocycles. The van der Waals surface area contributed by atoms with Crippen LogP contribution in [0, 0.1) is 5.41 Å². The predicted octanol–water partition coefficient (Wildman–Crippen LogP) is 4.30. The van der Waals surface area contributed by atoms with Gasteiger partial charge in [0.1, 0.15) is 24.1 Å². The normalized spacial score (nSPS) is 16.8. The van der Waals surface area contributed by atoms with Gasteiger partial charge in [-0.15, -0.1) is 0 Å². The number of nitrogens with zero attached hydrogens (tertiary/aromatic N) is 5. The number of carbonyl (C=O) groups is 2. The van der Waals surface area contributed by atoms with Crippen LogP contribution in [0.1, 0.15) is 30.0 Å². The molecule has 0 radical (unpaired) electrons. The summed E-state index contributed by atoms with van der Waals surface area (Å²) in [5.41, 5.74) is 0.939. The zero-order valence-corrected chi connectivity index (χ0v) is 21.3. The Labute approximate surface area is 219 Å². The third-order valence-corrected chi connectivity index (χ3v) is 6.06. The molecule has 0 aromatic carbocycles. The fourth-order valence-corrected chi connectivity index (χ4v) is 4.34. The molecular formula is C24H31ClF3N7O2. The Morgan fingerprint density at radius 3 is 2.70 bits per heavy atom. The Bertz CT molecular complexity index is 1320. The predicted molar refractivity (Wildman–Crippen MR) is 137 cm³/mol. The minimum absolute atomic E-state index is 0. The van der Waals surface area contributed by atoms with Crippen LogP contribution in [0.5, 0.6) is 0 Å². The third-order valence-electron chi connectivity index (χ3n) is 5.85. The van der Waals surface area contributed by atoms with Crippen LogP contribution < -0.4 is 10.2 Å². The van der Waals surface area contributed by atoms with Crippen molar-refractivity contribution in [3.05, 3.63) is 35.7 Å². The summed E-state index contributed by atoms with van der Waals surface area (Å²) in [6.45, 7) is 4.73. The van der Waals surface area contributed by atoms with Crippen molar-refractivity contribution >= 4 is 40.3 Å². The summed E-state index contributed by atoms with van der Waals surface area (Å²) in [4.78, 5) is 45.1. The number of hydrogen-bond donors (Lipinski definition) is 2. The van der Waals surface area contributed by atoms with Gasteiger partial charge in [-0.05, 0) is 17.5 Å². The fraction of sp³-hybridized carbons (Fsp3) is 0.458. The molecule has 0 bridgehead atoms. The number of carbonyl (C=O) groups excluding carboxylic acids is 2. The first-order chi connectivity index (χ1) is 17.3. The number of aromatic nitrogens is 4. The molecule has 1 saturated heterocycles. The van der Waals surface area contributed by atoms with E-state index in [-0.39, 0.29) is 33.7 Å². The van der Waals surface area contributed by atoms with Crippen LogP contribution in [-0.4, -0.2) is 75.0 Å². The lowest BCUT2D eigenvalue weighted by atomic mass is 9.91. The Hall–Kier alpha value is -3.41. The number of alkyl halides is 3. The Morgan fingerprint density at radius 1 is 1.24 bits per heavy atom. The first-order valence-electron chi connectivity index (χ1n) is 11.7. The summed E-state index contributed by atoms with van der Waals surface area (Å²) < 4.78 is 38.5. The van der Waals surface area contributed by atoms with Gasteiger partial charge in [0.05, 0.1) is 11.6 Å². The third kappa shape index (κ3) is 6.48. The topological polar surface area (TPSA) is 107 Å². The number of piperazine rings is 1. The van der Waals surface area contributed by atoms with E-state index in [4.69, 9.17) is 11.6 Å². The molecule has 37 heavy (non-hydrogen) atoms. The second-order valence-electron chi connectivity index (χ2n) is 10.1. The van der Waals surface area contributed by atoms with E-state index in [0.29, 0.717) is 39.8 Å². The molecule has 2 N–H and O–H groups in total. The van der Waals surface area contributed by atoms with Gasteiger partial charge in [-0.25, -0.2) is 15.0 Å². The van der Waals surface area contributed by atoms with Gasteiger partial charge >= 0.3 is 6.18 Å². The monoisotopic (exact) mass is 541 g/mol. The summed E-state index contributed by atoms with van der Waals surface area (Å²) in [5, 5.41) is 3.09. The van der Waals surface area contributed by atoms with Crippen molar-refractivity contribution in [1.29, 1.82) is 0 Å². The highest BCUT2D eigenvalue weighted by Crippen LogP contribution is 2.29. The fourth-order valence-electron chi connectivity index (χ4n) is 4.18. The summed E-state index contributed by atoms with van der Waals surface area (Å²) in [6, 6.07) is 2.24. The Kier molecular flexibility index (Phi) is 7.31. The molecule has 2 amide bonds. The van der Waals surface area contributed by atoms with Crippen LogP contribution in [0.15, 0.2) is 30.7 Å². The van der Waals surface area contributed by atoms with Crippen molar-refractivity contribution in [2.45, 2.75) is 39.4 Å². The van der Waals surface area contributed by atoms with Gasteiger partial charge in [-0.2, -0.15) is 13.2 Å². The minimum atomic E-state index is -4.57. The maximum absolute atomic E-state index is 12.9. The highest BCUT2D eigenvalue weighted by Gasteiger charge is 2.38. The summed E-state index contributed by atoms with van der Waals surface area (Å²) in [6.07, 6.45) is 0.383. The molecule has 1 aliphatic rings. The lowest BCUT2D eigenvalue weighted by Gasteiger charge is -2.41. The number of halogens is 4. The largest absolute Gasteiger partial charge is 0.405 e. The number of nitrogens with one attached hydrogen (secondary N) is 2. The van der Waals surface area contributed by atoms with E-state index in [0.717, 1.165) is 0 Å². The lowest BCUT2D eigenvalue weighted by Crippen LogP contribution is -2.61. The van der Waals surface area contributed by atoms with Crippen molar-refractivity contribution in [2.75, 3.05) is 31.1 Å². The average molecular weight is 542 g/mol. The maximum atomic E-state index is 12.9. The molecule has 13 heteroatoms. The molecule has 1 atom stereocenters. The van der Waals surface area contributed by atoms with E-state index >= 15 is 0 Å². The van der Waals surface area contributed by atoms with Crippen LogP contribution in [0.4, 0.5) is 19.0 Å². The summed E-state index contributed by atoms with van der Waals surface area (Å²) in [5.74, 6) is -0.320. The Morgan fingerprint density at radius 2 is 2.00 bits per heavy atom. The molecule has 0 unspecified atom stereocenters. The number of hydrogen-bond acceptors (Lipinski definition) is 6. The molecule has 9 nitrogen and oxygen atoms in total. The zero-order chi connectivity index (χ0) is 27.0. The van der Waals surface area contributed by atoms with Crippen molar-refractivity contribution in [1.82, 2.24) is 30.2 Å². The van der Waals surface area contributed by atoms with E-state index in [2.05, 4.69) is 19.9 Å². The molecule has 3 aromatic rings. The minimum Gasteiger partial charge on any atom is -0.345 e. The zero-order valence-electron chi connectivity index (χ0n) is 20.6. The van der Waals surface area contributed by atoms with E-state index < -0.39 is 24.7 Å². The van der Waals surface area contributed by atoms with E-state index in [9.17, 15) is 22.8 Å². The second kappa shape index (κ2) is 10.2. The van der Waals surface area contributed by atoms with Gasteiger partial charge < -0.3 is 20.1 Å². The van der Waals surface area contributed by atoms with Gasteiger partial charge in [-0.3, -0.25) is 9.59 Å². The molecule has 1 aliphatic heterocycles. The quantitative estimate of drug-likeness (QED) is 0.499. The van der Waals surface area contributed by atoms with Gasteiger partial charge in [-0.1, -0.05) is 32.4 Å². The summed E-state index contributed by atoms with van der Waals surface area (Å²) in [7, 11) is 0. The molecule has 0 spiro atoms. The molecule has 1 fully saturated rings. The SMILES string of the molecule is CC(C)(C)CC(=O)N1CCN(c2ccnc(-c3c[nH]c4ncc(Cl)cc34)n2)[C@@H](C(=O)NCC(F)(F)F)C1.[HH].[HH]. The average Bonchev–Trinajstić information content (AvgIpc) is 3.23. The van der Waals surface area contributed by atoms with Gasteiger partial charge in [0.15, 0.2) is 5.82 Å². The number of fused-ring (bicyclic) bond motifs is 1. The van der Waals surface area contributed by atoms with Gasteiger partial charge in [0, 0.05) is 51.9 Å². The van der Waals surface area contributed by atoms with Crippen LogP contribution in [0.25, 0.3) is 22.4 Å². The van der Waals surface area contributed by atoms with Crippen molar-refractivity contribution in [3.63, 3.8) is 0 Å². The van der Waals surface area contributed by atoms with Crippen molar-refractivity contribution < 1.29 is 25.6 Å². The smallest absolute Gasteiger partial charge is 0.345 e. The first-order valence-corrected chi connectivity index (χ1v) is 12.0. The van der Waals surface area contributed by atoms with Crippen LogP contribution in [0.3, 0.4) is 0 Å². The van der Waals surface area contributed by atoms with Crippen molar-refractivity contribution in [3.8, 4) is 11.4 Å². The lowest BCUT2D eigenvalue weighted by molar-refractivity contribution is -0.141. The molecule has 0 saturated carbocycles. The molecule has 202 valence electrons. The van der Waals surface area contributed by atoms with Crippen LogP contribution in [-0.2, 0) is 9.59 Å². The van der Waals surface area contributed by atoms with Crippen LogP contribution in [0.2, 0.25) is 5.02 Å². The maximum Gasteiger partial charge on any atom is 0.405 e. The number of rotatable bonds is 5. The number of H-pyrrole nitrogens is 1. The van der Waals surface area contributed by atoms with Crippen LogP contribution >= 0.6 is 11.6 Å². The highest BCUT2D eigenvalue weighted by molar-refractivity contribution is 6.31. The van der Waals surface area contributed by atoms with E-state index in [1.54, 1.807) is 23.2 Å². The molecule has 0 aliphatic carbocycles. The first kappa shape index (κ1) is 26.6. The second-order valence-corrected chi connectivity index (χ2v) is 10.5. The highest BCUT2D eigenvalue weighted by atomic mass is 35.5. The standard InChI is InChI=1S/C24H27ClF3N7O2.2H2/c1-23(2,3)9-19(36)34-6-7-35(17(12-34)22(37)32-13-24(26,27)28)18-4-5-29-21(33-18)16-11-31-20-15(16)8-14(25)10-30-20;;/h4-5,8,10-11,17H,6-7,9,12-13H2,1-3H3,(H,30,31)(H,32,37);2*1H/t17-;;/m1../s1. The van der Waals surface area contributed by atoms with Gasteiger partial charge in [0.25, 0.3) is 0 Å². The molecule has 4 rings (SSSR count).